The van der Waals surface area contributed by atoms with Crippen molar-refractivity contribution < 1.29 is 23.9 Å². The smallest absolute Gasteiger partial charge is 0.340 e. The molecule has 9 heteroatoms. The molecule has 1 atom stereocenters. The highest BCUT2D eigenvalue weighted by molar-refractivity contribution is 9.10. The van der Waals surface area contributed by atoms with Crippen LogP contribution in [0.5, 0.6) is 0 Å². The number of benzene rings is 2. The highest BCUT2D eigenvalue weighted by Gasteiger charge is 2.46. The lowest BCUT2D eigenvalue weighted by atomic mass is 9.70. The number of ketones is 1. The molecular formula is C27H24BrCl2NO5. The van der Waals surface area contributed by atoms with Crippen molar-refractivity contribution in [1.29, 1.82) is 0 Å². The highest BCUT2D eigenvalue weighted by atomic mass is 79.9. The molecule has 0 aromatic heterocycles. The molecule has 1 unspecified atom stereocenters. The summed E-state index contributed by atoms with van der Waals surface area (Å²) in [7, 11) is 0. The second-order valence-corrected chi connectivity index (χ2v) is 11.2. The number of Topliss-reactive ketones (excluding diaryl/α,β-unsaturated/α-hetero) is 1. The average Bonchev–Trinajstić information content (AvgIpc) is 2.78. The lowest BCUT2D eigenvalue weighted by molar-refractivity contribution is -0.139. The first kappa shape index (κ1) is 26.5. The molecule has 0 fully saturated rings. The summed E-state index contributed by atoms with van der Waals surface area (Å²) in [5.41, 5.74) is 0.815. The molecule has 4 rings (SSSR count). The van der Waals surface area contributed by atoms with Crippen molar-refractivity contribution in [3.05, 3.63) is 90.9 Å². The predicted octanol–water partition coefficient (Wildman–Crippen LogP) is 6.72. The molecule has 0 radical (unpaired) electrons. The number of carbonyl (C=O) groups excluding carboxylic acids is 3. The van der Waals surface area contributed by atoms with Crippen molar-refractivity contribution in [2.24, 2.45) is 5.41 Å². The van der Waals surface area contributed by atoms with Gasteiger partial charge in [0.05, 0.1) is 12.5 Å². The Bertz CT molecular complexity index is 1310. The van der Waals surface area contributed by atoms with Crippen LogP contribution in [0.15, 0.2) is 69.7 Å². The minimum absolute atomic E-state index is 0.00154. The van der Waals surface area contributed by atoms with Gasteiger partial charge in [-0.15, -0.1) is 0 Å². The van der Waals surface area contributed by atoms with E-state index in [1.807, 2.05) is 13.8 Å². The maximum absolute atomic E-state index is 13.4. The van der Waals surface area contributed by atoms with Crippen molar-refractivity contribution in [2.75, 3.05) is 6.61 Å². The molecule has 6 nitrogen and oxygen atoms in total. The van der Waals surface area contributed by atoms with E-state index in [-0.39, 0.29) is 40.7 Å². The number of hydrogen-bond donors (Lipinski definition) is 1. The van der Waals surface area contributed by atoms with Gasteiger partial charge in [-0.2, -0.15) is 0 Å². The minimum atomic E-state index is -0.901. The van der Waals surface area contributed by atoms with Crippen molar-refractivity contribution in [1.82, 2.24) is 5.32 Å². The third-order valence-corrected chi connectivity index (χ3v) is 7.12. The predicted molar refractivity (Wildman–Crippen MR) is 141 cm³/mol. The molecule has 1 amide bonds. The lowest BCUT2D eigenvalue weighted by Gasteiger charge is -2.38. The standard InChI is InChI=1S/C27H24BrCl2NO5/c1-4-35-26(34)23-21(17-10-9-16(29)11-18(17)30)22-19(32)12-27(2,3)13-20(22)36-25(23)31-24(33)14-5-7-15(28)8-6-14/h5-11,21H,4,12-13H2,1-3H3,(H,31,33). The molecule has 0 saturated heterocycles. The number of allylic oxidation sites excluding steroid dienone is 2. The van der Waals surface area contributed by atoms with Crippen molar-refractivity contribution in [3.63, 3.8) is 0 Å². The average molecular weight is 593 g/mol. The Morgan fingerprint density at radius 3 is 2.47 bits per heavy atom. The van der Waals surface area contributed by atoms with E-state index in [2.05, 4.69) is 21.2 Å². The lowest BCUT2D eigenvalue weighted by Crippen LogP contribution is -2.38. The summed E-state index contributed by atoms with van der Waals surface area (Å²) < 4.78 is 12.3. The molecule has 1 aliphatic carbocycles. The molecule has 1 heterocycles. The Morgan fingerprint density at radius 2 is 1.83 bits per heavy atom. The van der Waals surface area contributed by atoms with Gasteiger partial charge in [-0.1, -0.05) is 59.0 Å². The van der Waals surface area contributed by atoms with E-state index in [1.54, 1.807) is 49.4 Å². The summed E-state index contributed by atoms with van der Waals surface area (Å²) in [6, 6.07) is 11.6. The van der Waals surface area contributed by atoms with Gasteiger partial charge < -0.3 is 9.47 Å². The fourth-order valence-electron chi connectivity index (χ4n) is 4.48. The van der Waals surface area contributed by atoms with Gasteiger partial charge in [-0.25, -0.2) is 4.79 Å². The molecular weight excluding hydrogens is 569 g/mol. The van der Waals surface area contributed by atoms with E-state index in [9.17, 15) is 14.4 Å². The van der Waals surface area contributed by atoms with Crippen LogP contribution in [0, 0.1) is 5.41 Å². The van der Waals surface area contributed by atoms with Gasteiger partial charge in [0, 0.05) is 38.5 Å². The quantitative estimate of drug-likeness (QED) is 0.390. The summed E-state index contributed by atoms with van der Waals surface area (Å²) in [6.45, 7) is 5.69. The van der Waals surface area contributed by atoms with Crippen LogP contribution in [0.4, 0.5) is 0 Å². The molecule has 2 aromatic rings. The fourth-order valence-corrected chi connectivity index (χ4v) is 5.26. The zero-order chi connectivity index (χ0) is 26.2. The van der Waals surface area contributed by atoms with Crippen LogP contribution in [0.2, 0.25) is 10.0 Å². The topological polar surface area (TPSA) is 81.7 Å². The van der Waals surface area contributed by atoms with Crippen molar-refractivity contribution in [2.45, 2.75) is 39.5 Å². The molecule has 188 valence electrons. The van der Waals surface area contributed by atoms with Gasteiger partial charge in [0.2, 0.25) is 5.88 Å². The third kappa shape index (κ3) is 5.38. The number of amides is 1. The van der Waals surface area contributed by atoms with Crippen LogP contribution in [0.3, 0.4) is 0 Å². The second-order valence-electron chi connectivity index (χ2n) is 9.40. The summed E-state index contributed by atoms with van der Waals surface area (Å²) >= 11 is 16.1. The van der Waals surface area contributed by atoms with Gasteiger partial charge in [0.1, 0.15) is 11.3 Å². The molecule has 0 saturated carbocycles. The molecule has 1 aliphatic heterocycles. The Hall–Kier alpha value is -2.61. The summed E-state index contributed by atoms with van der Waals surface area (Å²) in [5, 5.41) is 3.42. The second kappa shape index (κ2) is 10.4. The Labute approximate surface area is 227 Å². The van der Waals surface area contributed by atoms with Gasteiger partial charge in [0.25, 0.3) is 5.91 Å². The van der Waals surface area contributed by atoms with E-state index < -0.39 is 17.8 Å². The van der Waals surface area contributed by atoms with E-state index in [0.29, 0.717) is 33.9 Å². The van der Waals surface area contributed by atoms with Crippen LogP contribution >= 0.6 is 39.1 Å². The van der Waals surface area contributed by atoms with E-state index in [1.165, 1.54) is 0 Å². The van der Waals surface area contributed by atoms with Gasteiger partial charge in [0.15, 0.2) is 5.78 Å². The van der Waals surface area contributed by atoms with E-state index in [4.69, 9.17) is 32.7 Å². The number of ether oxygens (including phenoxy) is 2. The zero-order valence-electron chi connectivity index (χ0n) is 19.9. The first-order chi connectivity index (χ1) is 17.0. The first-order valence-electron chi connectivity index (χ1n) is 11.4. The number of esters is 1. The normalized spacial score (nSPS) is 18.9. The largest absolute Gasteiger partial charge is 0.462 e. The maximum atomic E-state index is 13.4. The van der Waals surface area contributed by atoms with Gasteiger partial charge in [-0.05, 0) is 54.3 Å². The zero-order valence-corrected chi connectivity index (χ0v) is 23.0. The first-order valence-corrected chi connectivity index (χ1v) is 12.9. The number of rotatable bonds is 5. The Balaban J connectivity index is 1.90. The van der Waals surface area contributed by atoms with E-state index in [0.717, 1.165) is 4.47 Å². The van der Waals surface area contributed by atoms with Crippen molar-refractivity contribution in [3.8, 4) is 0 Å². The van der Waals surface area contributed by atoms with Gasteiger partial charge in [-0.3, -0.25) is 14.9 Å². The Kier molecular flexibility index (Phi) is 7.64. The highest BCUT2D eigenvalue weighted by Crippen LogP contribution is 2.50. The van der Waals surface area contributed by atoms with E-state index >= 15 is 0 Å². The van der Waals surface area contributed by atoms with Gasteiger partial charge >= 0.3 is 5.97 Å². The third-order valence-electron chi connectivity index (χ3n) is 6.03. The van der Waals surface area contributed by atoms with Crippen LogP contribution < -0.4 is 5.32 Å². The number of carbonyl (C=O) groups is 3. The number of hydrogen-bond acceptors (Lipinski definition) is 5. The van der Waals surface area contributed by atoms with Crippen LogP contribution in [-0.2, 0) is 19.1 Å². The molecule has 36 heavy (non-hydrogen) atoms. The molecule has 0 bridgehead atoms. The minimum Gasteiger partial charge on any atom is -0.462 e. The number of nitrogens with one attached hydrogen (secondary N) is 1. The Morgan fingerprint density at radius 1 is 1.14 bits per heavy atom. The van der Waals surface area contributed by atoms with Crippen molar-refractivity contribution >= 4 is 56.8 Å². The molecule has 1 N–H and O–H groups in total. The molecule has 2 aliphatic rings. The SMILES string of the molecule is CCOC(=O)C1=C(NC(=O)c2ccc(Br)cc2)OC2=C(C(=O)CC(C)(C)C2)C1c1ccc(Cl)cc1Cl. The van der Waals surface area contributed by atoms with Crippen LogP contribution in [-0.4, -0.2) is 24.3 Å². The number of halogens is 3. The van der Waals surface area contributed by atoms with Crippen LogP contribution in [0.25, 0.3) is 0 Å². The molecule has 0 spiro atoms. The summed E-state index contributed by atoms with van der Waals surface area (Å²) in [5.74, 6) is -1.94. The summed E-state index contributed by atoms with van der Waals surface area (Å²) in [6.07, 6.45) is 0.705. The van der Waals surface area contributed by atoms with Crippen LogP contribution in [0.1, 0.15) is 55.5 Å². The maximum Gasteiger partial charge on any atom is 0.340 e. The molecule has 2 aromatic carbocycles. The summed E-state index contributed by atoms with van der Waals surface area (Å²) in [4.78, 5) is 39.9. The fraction of sp³-hybridized carbons (Fsp3) is 0.296. The monoisotopic (exact) mass is 591 g/mol.